The second kappa shape index (κ2) is 6.00. The maximum atomic E-state index is 11.3. The molecule has 114 valence electrons. The van der Waals surface area contributed by atoms with Crippen LogP contribution >= 0.6 is 0 Å². The van der Waals surface area contributed by atoms with E-state index in [0.29, 0.717) is 37.3 Å². The van der Waals surface area contributed by atoms with Crippen molar-refractivity contribution in [1.82, 2.24) is 9.71 Å². The molecular formula is C14H20N4O2S. The molecule has 1 saturated heterocycles. The van der Waals surface area contributed by atoms with E-state index in [0.717, 1.165) is 11.3 Å². The molecule has 0 amide bonds. The SMILES string of the molecule is Cc1cc(C#N)c(N2CCC(NS(C)(=O)=O)CC2)nc1C. The Labute approximate surface area is 125 Å². The molecule has 1 aliphatic rings. The Hall–Kier alpha value is -1.65. The van der Waals surface area contributed by atoms with Gasteiger partial charge in [-0.2, -0.15) is 5.26 Å². The lowest BCUT2D eigenvalue weighted by atomic mass is 10.0. The van der Waals surface area contributed by atoms with E-state index in [1.165, 1.54) is 6.26 Å². The molecule has 0 aliphatic carbocycles. The molecule has 21 heavy (non-hydrogen) atoms. The lowest BCUT2D eigenvalue weighted by molar-refractivity contribution is 0.459. The molecule has 0 atom stereocenters. The van der Waals surface area contributed by atoms with Crippen LogP contribution in [0.3, 0.4) is 0 Å². The van der Waals surface area contributed by atoms with Crippen molar-refractivity contribution in [2.45, 2.75) is 32.7 Å². The van der Waals surface area contributed by atoms with Gasteiger partial charge in [0.1, 0.15) is 11.9 Å². The van der Waals surface area contributed by atoms with Gasteiger partial charge >= 0.3 is 0 Å². The average Bonchev–Trinajstić information content (AvgIpc) is 2.40. The standard InChI is InChI=1S/C14H20N4O2S/c1-10-8-12(9-15)14(16-11(10)2)18-6-4-13(5-7-18)17-21(3,19)20/h8,13,17H,4-7H2,1-3H3. The summed E-state index contributed by atoms with van der Waals surface area (Å²) >= 11 is 0. The molecule has 0 spiro atoms. The number of pyridine rings is 1. The fourth-order valence-electron chi connectivity index (χ4n) is 2.53. The second-order valence-electron chi connectivity index (χ2n) is 5.52. The van der Waals surface area contributed by atoms with Crippen LogP contribution in [-0.4, -0.2) is 38.8 Å². The number of aromatic nitrogens is 1. The second-order valence-corrected chi connectivity index (χ2v) is 7.31. The molecule has 7 heteroatoms. The van der Waals surface area contributed by atoms with Crippen molar-refractivity contribution in [1.29, 1.82) is 5.26 Å². The summed E-state index contributed by atoms with van der Waals surface area (Å²) in [7, 11) is -3.17. The average molecular weight is 308 g/mol. The molecule has 1 aliphatic heterocycles. The normalized spacial score (nSPS) is 16.8. The van der Waals surface area contributed by atoms with E-state index < -0.39 is 10.0 Å². The van der Waals surface area contributed by atoms with Crippen LogP contribution in [0.25, 0.3) is 0 Å². The molecular weight excluding hydrogens is 288 g/mol. The zero-order valence-electron chi connectivity index (χ0n) is 12.5. The van der Waals surface area contributed by atoms with E-state index in [1.54, 1.807) is 0 Å². The van der Waals surface area contributed by atoms with Crippen LogP contribution < -0.4 is 9.62 Å². The largest absolute Gasteiger partial charge is 0.355 e. The minimum atomic E-state index is -3.17. The van der Waals surface area contributed by atoms with E-state index in [1.807, 2.05) is 19.9 Å². The van der Waals surface area contributed by atoms with E-state index in [9.17, 15) is 13.7 Å². The number of nitrogens with one attached hydrogen (secondary N) is 1. The number of anilines is 1. The maximum Gasteiger partial charge on any atom is 0.208 e. The number of rotatable bonds is 3. The van der Waals surface area contributed by atoms with Crippen LogP contribution in [0.15, 0.2) is 6.07 Å². The Morgan fingerprint density at radius 3 is 2.52 bits per heavy atom. The van der Waals surface area contributed by atoms with Crippen molar-refractivity contribution in [3.63, 3.8) is 0 Å². The Bertz CT molecular complexity index is 671. The number of aryl methyl sites for hydroxylation is 2. The van der Waals surface area contributed by atoms with E-state index in [2.05, 4.69) is 20.7 Å². The zero-order valence-corrected chi connectivity index (χ0v) is 13.4. The Morgan fingerprint density at radius 2 is 2.00 bits per heavy atom. The van der Waals surface area contributed by atoms with Crippen molar-refractivity contribution >= 4 is 15.8 Å². The monoisotopic (exact) mass is 308 g/mol. The fraction of sp³-hybridized carbons (Fsp3) is 0.571. The zero-order chi connectivity index (χ0) is 15.6. The van der Waals surface area contributed by atoms with Gasteiger partial charge in [0.05, 0.1) is 11.8 Å². The van der Waals surface area contributed by atoms with Crippen LogP contribution in [0, 0.1) is 25.2 Å². The summed E-state index contributed by atoms with van der Waals surface area (Å²) in [6, 6.07) is 4.02. The Morgan fingerprint density at radius 1 is 1.38 bits per heavy atom. The van der Waals surface area contributed by atoms with Crippen molar-refractivity contribution in [3.8, 4) is 6.07 Å². The van der Waals surface area contributed by atoms with Crippen LogP contribution in [-0.2, 0) is 10.0 Å². The summed E-state index contributed by atoms with van der Waals surface area (Å²) in [5, 5.41) is 9.26. The summed E-state index contributed by atoms with van der Waals surface area (Å²) in [6.45, 7) is 5.25. The lowest BCUT2D eigenvalue weighted by Crippen LogP contribution is -2.44. The first-order valence-corrected chi connectivity index (χ1v) is 8.80. The molecule has 0 saturated carbocycles. The van der Waals surface area contributed by atoms with Gasteiger partial charge in [0, 0.05) is 24.8 Å². The predicted octanol–water partition coefficient (Wildman–Crippen LogP) is 1.09. The number of nitrogens with zero attached hydrogens (tertiary/aromatic N) is 3. The highest BCUT2D eigenvalue weighted by atomic mass is 32.2. The maximum absolute atomic E-state index is 11.3. The first kappa shape index (κ1) is 15.7. The molecule has 2 rings (SSSR count). The summed E-state index contributed by atoms with van der Waals surface area (Å²) < 4.78 is 25.1. The molecule has 1 N–H and O–H groups in total. The Balaban J connectivity index is 2.13. The number of nitriles is 1. The first-order valence-electron chi connectivity index (χ1n) is 6.91. The van der Waals surface area contributed by atoms with Gasteiger partial charge in [-0.3, -0.25) is 0 Å². The molecule has 0 bridgehead atoms. The van der Waals surface area contributed by atoms with Crippen molar-refractivity contribution in [2.24, 2.45) is 0 Å². The minimum absolute atomic E-state index is 0.0340. The molecule has 0 radical (unpaired) electrons. The highest BCUT2D eigenvalue weighted by Crippen LogP contribution is 2.24. The minimum Gasteiger partial charge on any atom is -0.355 e. The van der Waals surface area contributed by atoms with Crippen molar-refractivity contribution in [2.75, 3.05) is 24.2 Å². The lowest BCUT2D eigenvalue weighted by Gasteiger charge is -2.33. The predicted molar refractivity (Wildman–Crippen MR) is 81.6 cm³/mol. The molecule has 0 aromatic carbocycles. The highest BCUT2D eigenvalue weighted by Gasteiger charge is 2.24. The van der Waals surface area contributed by atoms with Gasteiger partial charge < -0.3 is 4.90 Å². The van der Waals surface area contributed by atoms with Crippen LogP contribution in [0.4, 0.5) is 5.82 Å². The van der Waals surface area contributed by atoms with Gasteiger partial charge in [-0.05, 0) is 38.3 Å². The third-order valence-corrected chi connectivity index (χ3v) is 4.50. The van der Waals surface area contributed by atoms with E-state index in [4.69, 9.17) is 0 Å². The molecule has 1 aromatic rings. The quantitative estimate of drug-likeness (QED) is 0.903. The fourth-order valence-corrected chi connectivity index (χ4v) is 3.37. The third kappa shape index (κ3) is 3.93. The van der Waals surface area contributed by atoms with Crippen LogP contribution in [0.5, 0.6) is 0 Å². The van der Waals surface area contributed by atoms with Crippen LogP contribution in [0.1, 0.15) is 29.7 Å². The van der Waals surface area contributed by atoms with Gasteiger partial charge in [0.2, 0.25) is 10.0 Å². The van der Waals surface area contributed by atoms with Crippen molar-refractivity contribution < 1.29 is 8.42 Å². The molecule has 6 nitrogen and oxygen atoms in total. The smallest absolute Gasteiger partial charge is 0.208 e. The topological polar surface area (TPSA) is 86.1 Å². The summed E-state index contributed by atoms with van der Waals surface area (Å²) in [5.74, 6) is 0.707. The van der Waals surface area contributed by atoms with E-state index in [-0.39, 0.29) is 6.04 Å². The number of piperidine rings is 1. The van der Waals surface area contributed by atoms with Gasteiger partial charge in [0.25, 0.3) is 0 Å². The molecule has 1 fully saturated rings. The van der Waals surface area contributed by atoms with Gasteiger partial charge in [-0.1, -0.05) is 0 Å². The Kier molecular flexibility index (Phi) is 4.49. The summed E-state index contributed by atoms with van der Waals surface area (Å²) in [4.78, 5) is 6.59. The summed E-state index contributed by atoms with van der Waals surface area (Å²) in [5.41, 5.74) is 2.50. The third-order valence-electron chi connectivity index (χ3n) is 3.74. The number of hydrogen-bond acceptors (Lipinski definition) is 5. The van der Waals surface area contributed by atoms with Gasteiger partial charge in [0.15, 0.2) is 0 Å². The first-order chi connectivity index (χ1) is 9.80. The molecule has 2 heterocycles. The summed E-state index contributed by atoms with van der Waals surface area (Å²) in [6.07, 6.45) is 2.61. The molecule has 1 aromatic heterocycles. The van der Waals surface area contributed by atoms with E-state index >= 15 is 0 Å². The van der Waals surface area contributed by atoms with Gasteiger partial charge in [-0.15, -0.1) is 0 Å². The van der Waals surface area contributed by atoms with Gasteiger partial charge in [-0.25, -0.2) is 18.1 Å². The number of hydrogen-bond donors (Lipinski definition) is 1. The molecule has 0 unspecified atom stereocenters. The highest BCUT2D eigenvalue weighted by molar-refractivity contribution is 7.88. The number of sulfonamides is 1. The van der Waals surface area contributed by atoms with Crippen LogP contribution in [0.2, 0.25) is 0 Å². The van der Waals surface area contributed by atoms with Crippen molar-refractivity contribution in [3.05, 3.63) is 22.9 Å².